The minimum Gasteiger partial charge on any atom is -0.378 e. The second-order valence-corrected chi connectivity index (χ2v) is 2.95. The van der Waals surface area contributed by atoms with E-state index in [1.165, 1.54) is 0 Å². The van der Waals surface area contributed by atoms with E-state index < -0.39 is 0 Å². The normalized spacial score (nSPS) is 17.0. The lowest BCUT2D eigenvalue weighted by Gasteiger charge is -2.27. The summed E-state index contributed by atoms with van der Waals surface area (Å²) in [5, 5.41) is 7.40. The van der Waals surface area contributed by atoms with Crippen molar-refractivity contribution in [2.75, 3.05) is 37.0 Å². The Kier molecular flexibility index (Phi) is 2.32. The molecule has 7 nitrogen and oxygen atoms in total. The molecular weight excluding hydrogens is 186 g/mol. The highest BCUT2D eigenvalue weighted by molar-refractivity contribution is 5.29. The molecule has 1 aliphatic rings. The maximum absolute atomic E-state index is 11.2. The van der Waals surface area contributed by atoms with Gasteiger partial charge in [-0.15, -0.1) is 10.2 Å². The fourth-order valence-corrected chi connectivity index (χ4v) is 1.32. The highest BCUT2D eigenvalue weighted by atomic mass is 16.5. The molecule has 1 fully saturated rings. The van der Waals surface area contributed by atoms with Gasteiger partial charge < -0.3 is 15.5 Å². The second-order valence-electron chi connectivity index (χ2n) is 2.95. The zero-order valence-corrected chi connectivity index (χ0v) is 7.59. The summed E-state index contributed by atoms with van der Waals surface area (Å²) in [6.07, 6.45) is 1.09. The molecule has 2 rings (SSSR count). The van der Waals surface area contributed by atoms with Crippen LogP contribution in [0, 0.1) is 0 Å². The van der Waals surface area contributed by atoms with Crippen LogP contribution in [-0.4, -0.2) is 41.2 Å². The summed E-state index contributed by atoms with van der Waals surface area (Å²) in [6.45, 7) is 2.58. The highest BCUT2D eigenvalue weighted by Crippen LogP contribution is 2.06. The maximum Gasteiger partial charge on any atom is 0.292 e. The molecule has 0 aliphatic carbocycles. The van der Waals surface area contributed by atoms with Gasteiger partial charge in [0.25, 0.3) is 5.56 Å². The van der Waals surface area contributed by atoms with Crippen LogP contribution in [0.1, 0.15) is 0 Å². The highest BCUT2D eigenvalue weighted by Gasteiger charge is 2.15. The first-order valence-corrected chi connectivity index (χ1v) is 4.31. The molecule has 0 amide bonds. The first-order valence-electron chi connectivity index (χ1n) is 4.31. The first-order chi connectivity index (χ1) is 6.79. The molecule has 7 heteroatoms. The number of aromatic nitrogens is 3. The fraction of sp³-hybridized carbons (Fsp3) is 0.571. The summed E-state index contributed by atoms with van der Waals surface area (Å²) < 4.78 is 6.17. The lowest BCUT2D eigenvalue weighted by atomic mass is 10.4. The molecule has 2 heterocycles. The van der Waals surface area contributed by atoms with Crippen LogP contribution >= 0.6 is 0 Å². The third kappa shape index (κ3) is 1.53. The molecule has 1 aromatic heterocycles. The van der Waals surface area contributed by atoms with Crippen LogP contribution in [0.5, 0.6) is 0 Å². The number of nitrogen functional groups attached to an aromatic ring is 1. The van der Waals surface area contributed by atoms with Crippen molar-refractivity contribution >= 4 is 5.95 Å². The van der Waals surface area contributed by atoms with Gasteiger partial charge >= 0.3 is 0 Å². The predicted octanol–water partition coefficient (Wildman–Crippen LogP) is -1.81. The average molecular weight is 197 g/mol. The van der Waals surface area contributed by atoms with E-state index in [-0.39, 0.29) is 5.56 Å². The Balaban J connectivity index is 2.30. The van der Waals surface area contributed by atoms with Gasteiger partial charge in [-0.3, -0.25) is 4.79 Å². The van der Waals surface area contributed by atoms with Gasteiger partial charge in [0, 0.05) is 13.1 Å². The standard InChI is InChI=1S/C7H11N5O2/c8-12-6(13)5-9-10-7(12)11-1-3-14-4-2-11/h5H,1-4,8H2. The average Bonchev–Trinajstić information content (AvgIpc) is 2.23. The van der Waals surface area contributed by atoms with E-state index >= 15 is 0 Å². The van der Waals surface area contributed by atoms with Crippen molar-refractivity contribution < 1.29 is 4.74 Å². The molecule has 1 aliphatic heterocycles. The summed E-state index contributed by atoms with van der Waals surface area (Å²) in [4.78, 5) is 13.0. The third-order valence-electron chi connectivity index (χ3n) is 2.06. The number of hydrogen-bond donors (Lipinski definition) is 1. The smallest absolute Gasteiger partial charge is 0.292 e. The molecule has 76 valence electrons. The van der Waals surface area contributed by atoms with Gasteiger partial charge in [-0.05, 0) is 0 Å². The van der Waals surface area contributed by atoms with Gasteiger partial charge in [0.2, 0.25) is 5.95 Å². The number of nitrogens with two attached hydrogens (primary N) is 1. The van der Waals surface area contributed by atoms with Gasteiger partial charge in [-0.2, -0.15) is 4.68 Å². The van der Waals surface area contributed by atoms with E-state index in [0.29, 0.717) is 32.3 Å². The SMILES string of the molecule is Nn1c(N2CCOCC2)nncc1=O. The van der Waals surface area contributed by atoms with Crippen molar-refractivity contribution in [3.8, 4) is 0 Å². The van der Waals surface area contributed by atoms with Crippen LogP contribution in [0.2, 0.25) is 0 Å². The Morgan fingerprint density at radius 2 is 2.14 bits per heavy atom. The Hall–Kier alpha value is -1.63. The summed E-state index contributed by atoms with van der Waals surface area (Å²) in [7, 11) is 0. The molecule has 14 heavy (non-hydrogen) atoms. The molecule has 0 radical (unpaired) electrons. The number of nitrogens with zero attached hydrogens (tertiary/aromatic N) is 4. The number of morpholine rings is 1. The number of ether oxygens (including phenoxy) is 1. The van der Waals surface area contributed by atoms with Crippen LogP contribution in [0.15, 0.2) is 11.0 Å². The van der Waals surface area contributed by atoms with Crippen LogP contribution in [0.25, 0.3) is 0 Å². The third-order valence-corrected chi connectivity index (χ3v) is 2.06. The molecule has 0 unspecified atom stereocenters. The zero-order chi connectivity index (χ0) is 9.97. The van der Waals surface area contributed by atoms with Crippen LogP contribution in [0.3, 0.4) is 0 Å². The Morgan fingerprint density at radius 3 is 2.86 bits per heavy atom. The lowest BCUT2D eigenvalue weighted by molar-refractivity contribution is 0.121. The quantitative estimate of drug-likeness (QED) is 0.534. The van der Waals surface area contributed by atoms with Gasteiger partial charge in [0.1, 0.15) is 6.20 Å². The fourth-order valence-electron chi connectivity index (χ4n) is 1.32. The van der Waals surface area contributed by atoms with Crippen LogP contribution in [-0.2, 0) is 4.74 Å². The van der Waals surface area contributed by atoms with Gasteiger partial charge in [-0.1, -0.05) is 0 Å². The van der Waals surface area contributed by atoms with Crippen molar-refractivity contribution in [3.05, 3.63) is 16.6 Å². The number of rotatable bonds is 1. The van der Waals surface area contributed by atoms with E-state index in [1.54, 1.807) is 0 Å². The number of anilines is 1. The zero-order valence-electron chi connectivity index (χ0n) is 7.59. The molecule has 1 saturated heterocycles. The summed E-state index contributed by atoms with van der Waals surface area (Å²) in [5.41, 5.74) is -0.360. The van der Waals surface area contributed by atoms with Crippen molar-refractivity contribution in [1.29, 1.82) is 0 Å². The monoisotopic (exact) mass is 197 g/mol. The second kappa shape index (κ2) is 3.62. The Bertz CT molecular complexity index is 371. The molecule has 0 spiro atoms. The van der Waals surface area contributed by atoms with Crippen molar-refractivity contribution in [1.82, 2.24) is 14.9 Å². The van der Waals surface area contributed by atoms with E-state index in [0.717, 1.165) is 10.9 Å². The van der Waals surface area contributed by atoms with E-state index in [9.17, 15) is 4.79 Å². The maximum atomic E-state index is 11.2. The topological polar surface area (TPSA) is 86.3 Å². The van der Waals surface area contributed by atoms with Gasteiger partial charge in [-0.25, -0.2) is 0 Å². The van der Waals surface area contributed by atoms with Gasteiger partial charge in [0.15, 0.2) is 0 Å². The van der Waals surface area contributed by atoms with E-state index in [2.05, 4.69) is 10.2 Å². The van der Waals surface area contributed by atoms with E-state index in [1.807, 2.05) is 4.90 Å². The Labute approximate surface area is 80.1 Å². The minimum absolute atomic E-state index is 0.360. The van der Waals surface area contributed by atoms with Crippen LogP contribution in [0.4, 0.5) is 5.95 Å². The summed E-state index contributed by atoms with van der Waals surface area (Å²) in [5.74, 6) is 5.92. The van der Waals surface area contributed by atoms with E-state index in [4.69, 9.17) is 10.6 Å². The Morgan fingerprint density at radius 1 is 1.43 bits per heavy atom. The molecule has 0 bridgehead atoms. The molecule has 0 saturated carbocycles. The molecule has 1 aromatic rings. The minimum atomic E-state index is -0.360. The number of hydrogen-bond acceptors (Lipinski definition) is 6. The molecule has 0 aromatic carbocycles. The van der Waals surface area contributed by atoms with Crippen molar-refractivity contribution in [3.63, 3.8) is 0 Å². The van der Waals surface area contributed by atoms with Gasteiger partial charge in [0.05, 0.1) is 13.2 Å². The van der Waals surface area contributed by atoms with Crippen molar-refractivity contribution in [2.45, 2.75) is 0 Å². The van der Waals surface area contributed by atoms with Crippen LogP contribution < -0.4 is 16.3 Å². The predicted molar refractivity (Wildman–Crippen MR) is 49.5 cm³/mol. The lowest BCUT2D eigenvalue weighted by Crippen LogP contribution is -2.42. The molecule has 2 N–H and O–H groups in total. The largest absolute Gasteiger partial charge is 0.378 e. The first kappa shape index (κ1) is 8.95. The summed E-state index contributed by atoms with van der Waals surface area (Å²) >= 11 is 0. The molecular formula is C7H11N5O2. The van der Waals surface area contributed by atoms with Crippen molar-refractivity contribution in [2.24, 2.45) is 0 Å². The summed E-state index contributed by atoms with van der Waals surface area (Å²) in [6, 6.07) is 0. The molecule has 0 atom stereocenters.